The Balaban J connectivity index is 1.99. The molecule has 0 aromatic heterocycles. The van der Waals surface area contributed by atoms with Gasteiger partial charge in [0.25, 0.3) is 0 Å². The second kappa shape index (κ2) is 6.91. The Bertz CT molecular complexity index is 492. The van der Waals surface area contributed by atoms with Crippen molar-refractivity contribution in [2.45, 2.75) is 32.4 Å². The van der Waals surface area contributed by atoms with Gasteiger partial charge in [0.2, 0.25) is 0 Å². The Kier molecular flexibility index (Phi) is 5.20. The van der Waals surface area contributed by atoms with E-state index in [1.807, 2.05) is 38.2 Å². The van der Waals surface area contributed by atoms with Gasteiger partial charge in [0.15, 0.2) is 0 Å². The number of carbonyl (C=O) groups is 1. The van der Waals surface area contributed by atoms with E-state index in [1.165, 1.54) is 0 Å². The molecule has 0 bridgehead atoms. The fourth-order valence-corrected chi connectivity index (χ4v) is 2.57. The highest BCUT2D eigenvalue weighted by molar-refractivity contribution is 5.89. The molecule has 3 N–H and O–H groups in total. The largest absolute Gasteiger partial charge is 0.393 e. The van der Waals surface area contributed by atoms with Gasteiger partial charge in [0, 0.05) is 24.8 Å². The molecule has 3 atom stereocenters. The Morgan fingerprint density at radius 2 is 2.24 bits per heavy atom. The van der Waals surface area contributed by atoms with Crippen LogP contribution in [0.2, 0.25) is 0 Å². The number of aliphatic hydroxyl groups excluding tert-OH is 1. The monoisotopic (exact) mass is 291 g/mol. The van der Waals surface area contributed by atoms with Crippen LogP contribution in [0, 0.1) is 5.92 Å². The second-order valence-corrected chi connectivity index (χ2v) is 5.85. The van der Waals surface area contributed by atoms with Gasteiger partial charge in [-0.1, -0.05) is 19.1 Å². The number of hydrogen-bond acceptors (Lipinski definition) is 3. The summed E-state index contributed by atoms with van der Waals surface area (Å²) in [6, 6.07) is 8.01. The number of urea groups is 1. The summed E-state index contributed by atoms with van der Waals surface area (Å²) >= 11 is 0. The molecule has 0 aliphatic carbocycles. The molecule has 1 aliphatic heterocycles. The molecule has 1 saturated heterocycles. The fourth-order valence-electron chi connectivity index (χ4n) is 2.57. The van der Waals surface area contributed by atoms with Gasteiger partial charge < -0.3 is 20.6 Å². The summed E-state index contributed by atoms with van der Waals surface area (Å²) in [5.74, 6) is 0.125. The standard InChI is InChI=1S/C16H25N3O2/c1-11-10-19(8-7-15(11)20)16(21)18-14-6-4-5-13(9-14)12(2)17-3/h4-6,9,11-12,15,17,20H,7-8,10H2,1-3H3,(H,18,21). The first-order chi connectivity index (χ1) is 10.0. The Morgan fingerprint density at radius 3 is 2.90 bits per heavy atom. The molecule has 5 nitrogen and oxygen atoms in total. The highest BCUT2D eigenvalue weighted by Gasteiger charge is 2.27. The van der Waals surface area contributed by atoms with Gasteiger partial charge in [-0.25, -0.2) is 4.79 Å². The van der Waals surface area contributed by atoms with E-state index in [0.717, 1.165) is 11.3 Å². The predicted molar refractivity (Wildman–Crippen MR) is 84.3 cm³/mol. The van der Waals surface area contributed by atoms with Gasteiger partial charge in [-0.15, -0.1) is 0 Å². The minimum atomic E-state index is -0.297. The Labute approximate surface area is 126 Å². The summed E-state index contributed by atoms with van der Waals surface area (Å²) in [4.78, 5) is 14.1. The SMILES string of the molecule is CNC(C)c1cccc(NC(=O)N2CCC(O)C(C)C2)c1. The molecule has 2 rings (SSSR count). The molecule has 116 valence electrons. The van der Waals surface area contributed by atoms with Crippen LogP contribution in [0.4, 0.5) is 10.5 Å². The summed E-state index contributed by atoms with van der Waals surface area (Å²) in [5, 5.41) is 15.9. The molecule has 21 heavy (non-hydrogen) atoms. The first-order valence-corrected chi connectivity index (χ1v) is 7.52. The lowest BCUT2D eigenvalue weighted by molar-refractivity contribution is 0.0506. The third kappa shape index (κ3) is 3.95. The maximum atomic E-state index is 12.3. The summed E-state index contributed by atoms with van der Waals surface area (Å²) < 4.78 is 0. The van der Waals surface area contributed by atoms with Gasteiger partial charge in [-0.3, -0.25) is 0 Å². The van der Waals surface area contributed by atoms with Crippen LogP contribution in [0.25, 0.3) is 0 Å². The molecule has 0 radical (unpaired) electrons. The van der Waals surface area contributed by atoms with E-state index in [1.54, 1.807) is 4.90 Å². The molecule has 1 aliphatic rings. The van der Waals surface area contributed by atoms with Crippen LogP contribution in [0.3, 0.4) is 0 Å². The number of benzene rings is 1. The number of likely N-dealkylation sites (tertiary alicyclic amines) is 1. The minimum Gasteiger partial charge on any atom is -0.393 e. The third-order valence-corrected chi connectivity index (χ3v) is 4.22. The van der Waals surface area contributed by atoms with Crippen molar-refractivity contribution in [1.29, 1.82) is 0 Å². The summed E-state index contributed by atoms with van der Waals surface area (Å²) in [5.41, 5.74) is 1.94. The van der Waals surface area contributed by atoms with Crippen molar-refractivity contribution in [2.24, 2.45) is 5.92 Å². The van der Waals surface area contributed by atoms with E-state index >= 15 is 0 Å². The molecule has 1 aromatic carbocycles. The second-order valence-electron chi connectivity index (χ2n) is 5.85. The zero-order chi connectivity index (χ0) is 15.4. The molecule has 1 aromatic rings. The number of carbonyl (C=O) groups excluding carboxylic acids is 1. The quantitative estimate of drug-likeness (QED) is 0.800. The number of rotatable bonds is 3. The molecular formula is C16H25N3O2. The van der Waals surface area contributed by atoms with Crippen LogP contribution in [0.1, 0.15) is 31.9 Å². The average Bonchev–Trinajstić information content (AvgIpc) is 2.49. The van der Waals surface area contributed by atoms with E-state index in [9.17, 15) is 9.90 Å². The lowest BCUT2D eigenvalue weighted by Gasteiger charge is -2.34. The van der Waals surface area contributed by atoms with Crippen molar-refractivity contribution < 1.29 is 9.90 Å². The van der Waals surface area contributed by atoms with Crippen LogP contribution >= 0.6 is 0 Å². The number of aliphatic hydroxyl groups is 1. The summed E-state index contributed by atoms with van der Waals surface area (Å²) in [6.45, 7) is 5.25. The molecule has 1 fully saturated rings. The van der Waals surface area contributed by atoms with E-state index in [2.05, 4.69) is 17.6 Å². The van der Waals surface area contributed by atoms with Gasteiger partial charge in [-0.2, -0.15) is 0 Å². The first kappa shape index (κ1) is 15.8. The van der Waals surface area contributed by atoms with Crippen LogP contribution in [0.15, 0.2) is 24.3 Å². The molecular weight excluding hydrogens is 266 g/mol. The lowest BCUT2D eigenvalue weighted by atomic mass is 9.97. The van der Waals surface area contributed by atoms with E-state index in [-0.39, 0.29) is 24.1 Å². The zero-order valence-electron chi connectivity index (χ0n) is 13.0. The maximum Gasteiger partial charge on any atom is 0.321 e. The van der Waals surface area contributed by atoms with Crippen molar-refractivity contribution in [3.05, 3.63) is 29.8 Å². The van der Waals surface area contributed by atoms with Crippen molar-refractivity contribution >= 4 is 11.7 Å². The number of amides is 2. The molecule has 0 saturated carbocycles. The third-order valence-electron chi connectivity index (χ3n) is 4.22. The van der Waals surface area contributed by atoms with Gasteiger partial charge in [0.05, 0.1) is 6.10 Å². The molecule has 3 unspecified atom stereocenters. The molecule has 0 spiro atoms. The van der Waals surface area contributed by atoms with Crippen LogP contribution < -0.4 is 10.6 Å². The highest BCUT2D eigenvalue weighted by atomic mass is 16.3. The van der Waals surface area contributed by atoms with Crippen molar-refractivity contribution in [3.63, 3.8) is 0 Å². The smallest absolute Gasteiger partial charge is 0.321 e. The number of piperidine rings is 1. The van der Waals surface area contributed by atoms with Crippen LogP contribution in [-0.2, 0) is 0 Å². The molecule has 1 heterocycles. The Hall–Kier alpha value is -1.59. The first-order valence-electron chi connectivity index (χ1n) is 7.52. The minimum absolute atomic E-state index is 0.0944. The van der Waals surface area contributed by atoms with Crippen molar-refractivity contribution in [3.8, 4) is 0 Å². The fraction of sp³-hybridized carbons (Fsp3) is 0.562. The molecule has 2 amide bonds. The van der Waals surface area contributed by atoms with Crippen LogP contribution in [0.5, 0.6) is 0 Å². The maximum absolute atomic E-state index is 12.3. The lowest BCUT2D eigenvalue weighted by Crippen LogP contribution is -2.46. The normalized spacial score (nSPS) is 23.7. The highest BCUT2D eigenvalue weighted by Crippen LogP contribution is 2.20. The number of nitrogens with one attached hydrogen (secondary N) is 2. The number of anilines is 1. The van der Waals surface area contributed by atoms with Crippen LogP contribution in [-0.4, -0.2) is 42.3 Å². The van der Waals surface area contributed by atoms with Crippen molar-refractivity contribution in [2.75, 3.05) is 25.5 Å². The van der Waals surface area contributed by atoms with Crippen molar-refractivity contribution in [1.82, 2.24) is 10.2 Å². The summed E-state index contributed by atoms with van der Waals surface area (Å²) in [6.07, 6.45) is 0.347. The van der Waals surface area contributed by atoms with Gasteiger partial charge in [-0.05, 0) is 44.0 Å². The number of hydrogen-bond donors (Lipinski definition) is 3. The topological polar surface area (TPSA) is 64.6 Å². The predicted octanol–water partition coefficient (Wildman–Crippen LogP) is 2.20. The van der Waals surface area contributed by atoms with Gasteiger partial charge in [0.1, 0.15) is 0 Å². The molecule has 5 heteroatoms. The zero-order valence-corrected chi connectivity index (χ0v) is 13.0. The van der Waals surface area contributed by atoms with E-state index in [0.29, 0.717) is 19.5 Å². The summed E-state index contributed by atoms with van der Waals surface area (Å²) in [7, 11) is 1.91. The number of nitrogens with zero attached hydrogens (tertiary/aromatic N) is 1. The average molecular weight is 291 g/mol. The van der Waals surface area contributed by atoms with E-state index in [4.69, 9.17) is 0 Å². The Morgan fingerprint density at radius 1 is 1.48 bits per heavy atom. The van der Waals surface area contributed by atoms with E-state index < -0.39 is 0 Å². The van der Waals surface area contributed by atoms with Gasteiger partial charge >= 0.3 is 6.03 Å².